The molecule has 0 radical (unpaired) electrons. The number of carbonyl (C=O) groups is 2. The molecule has 0 spiro atoms. The molecule has 0 aliphatic heterocycles. The van der Waals surface area contributed by atoms with E-state index in [-0.39, 0.29) is 17.2 Å². The molecule has 0 aromatic heterocycles. The summed E-state index contributed by atoms with van der Waals surface area (Å²) in [5, 5.41) is 0.602. The summed E-state index contributed by atoms with van der Waals surface area (Å²) in [6.45, 7) is -0.229. The number of rotatable bonds is 4. The zero-order chi connectivity index (χ0) is 15.9. The van der Waals surface area contributed by atoms with Crippen LogP contribution in [-0.4, -0.2) is 18.4 Å². The Morgan fingerprint density at radius 3 is 2.45 bits per heavy atom. The Hall–Kier alpha value is -2.24. The maximum Gasteiger partial charge on any atom is 0.276 e. The van der Waals surface area contributed by atoms with Crippen LogP contribution in [0.5, 0.6) is 5.75 Å². The highest BCUT2D eigenvalue weighted by Crippen LogP contribution is 2.20. The van der Waals surface area contributed by atoms with E-state index in [1.54, 1.807) is 30.3 Å². The molecule has 0 bridgehead atoms. The van der Waals surface area contributed by atoms with Crippen molar-refractivity contribution in [3.05, 3.63) is 64.1 Å². The Bertz CT molecular complexity index is 678. The van der Waals surface area contributed by atoms with Gasteiger partial charge in [0.15, 0.2) is 6.61 Å². The van der Waals surface area contributed by atoms with E-state index in [0.29, 0.717) is 10.8 Å². The van der Waals surface area contributed by atoms with Gasteiger partial charge in [-0.15, -0.1) is 0 Å². The standard InChI is InChI=1S/C15H12Cl2N2O3/c16-10-6-7-13(17)12(8-10)15(21)19-18-14(20)9-22-11-4-2-1-3-5-11/h1-8H,9H2,(H,18,20)(H,19,21). The topological polar surface area (TPSA) is 67.4 Å². The Morgan fingerprint density at radius 2 is 1.73 bits per heavy atom. The zero-order valence-electron chi connectivity index (χ0n) is 11.3. The van der Waals surface area contributed by atoms with Crippen molar-refractivity contribution in [1.29, 1.82) is 0 Å². The lowest BCUT2D eigenvalue weighted by Gasteiger charge is -2.09. The van der Waals surface area contributed by atoms with Gasteiger partial charge in [0.1, 0.15) is 5.75 Å². The maximum atomic E-state index is 11.9. The molecule has 0 aliphatic carbocycles. The molecule has 0 heterocycles. The van der Waals surface area contributed by atoms with Gasteiger partial charge in [-0.1, -0.05) is 41.4 Å². The molecule has 2 aromatic carbocycles. The molecule has 22 heavy (non-hydrogen) atoms. The minimum absolute atomic E-state index is 0.165. The van der Waals surface area contributed by atoms with Crippen LogP contribution in [0.1, 0.15) is 10.4 Å². The van der Waals surface area contributed by atoms with Gasteiger partial charge >= 0.3 is 0 Å². The Morgan fingerprint density at radius 1 is 1.00 bits per heavy atom. The van der Waals surface area contributed by atoms with Gasteiger partial charge in [-0.3, -0.25) is 20.4 Å². The number of amides is 2. The third-order valence-electron chi connectivity index (χ3n) is 2.60. The molecule has 0 aliphatic rings. The van der Waals surface area contributed by atoms with E-state index in [1.807, 2.05) is 6.07 Å². The normalized spacial score (nSPS) is 9.91. The average molecular weight is 339 g/mol. The van der Waals surface area contributed by atoms with Crippen LogP contribution in [0.3, 0.4) is 0 Å². The number of benzene rings is 2. The van der Waals surface area contributed by atoms with Gasteiger partial charge in [0.05, 0.1) is 10.6 Å². The lowest BCUT2D eigenvalue weighted by Crippen LogP contribution is -2.43. The summed E-state index contributed by atoms with van der Waals surface area (Å²) in [5.41, 5.74) is 4.64. The highest BCUT2D eigenvalue weighted by Gasteiger charge is 2.12. The van der Waals surface area contributed by atoms with Gasteiger partial charge in [0.25, 0.3) is 11.8 Å². The van der Waals surface area contributed by atoms with E-state index < -0.39 is 11.8 Å². The predicted molar refractivity (Wildman–Crippen MR) is 84.0 cm³/mol. The number of para-hydroxylation sites is 1. The van der Waals surface area contributed by atoms with Gasteiger partial charge in [-0.25, -0.2) is 0 Å². The van der Waals surface area contributed by atoms with Gasteiger partial charge in [0.2, 0.25) is 0 Å². The molecule has 0 atom stereocenters. The second kappa shape index (κ2) is 7.68. The SMILES string of the molecule is O=C(COc1ccccc1)NNC(=O)c1cc(Cl)ccc1Cl. The third kappa shape index (κ3) is 4.65. The second-order valence-electron chi connectivity index (χ2n) is 4.23. The van der Waals surface area contributed by atoms with Crippen molar-refractivity contribution >= 4 is 35.0 Å². The van der Waals surface area contributed by atoms with Crippen molar-refractivity contribution in [3.63, 3.8) is 0 Å². The largest absolute Gasteiger partial charge is 0.484 e. The number of nitrogens with one attached hydrogen (secondary N) is 2. The highest BCUT2D eigenvalue weighted by molar-refractivity contribution is 6.35. The molecule has 2 amide bonds. The number of carbonyl (C=O) groups excluding carboxylic acids is 2. The number of hydrogen-bond donors (Lipinski definition) is 2. The van der Waals surface area contributed by atoms with Crippen LogP contribution in [0.25, 0.3) is 0 Å². The molecule has 0 unspecified atom stereocenters. The summed E-state index contributed by atoms with van der Waals surface area (Å²) in [5.74, 6) is -0.516. The Balaban J connectivity index is 1.83. The first-order valence-electron chi connectivity index (χ1n) is 6.28. The van der Waals surface area contributed by atoms with Crippen LogP contribution in [0.2, 0.25) is 10.0 Å². The fraction of sp³-hybridized carbons (Fsp3) is 0.0667. The van der Waals surface area contributed by atoms with Gasteiger partial charge in [0, 0.05) is 5.02 Å². The average Bonchev–Trinajstić information content (AvgIpc) is 2.54. The van der Waals surface area contributed by atoms with Crippen molar-refractivity contribution in [1.82, 2.24) is 10.9 Å². The Kier molecular flexibility index (Phi) is 5.63. The lowest BCUT2D eigenvalue weighted by molar-refractivity contribution is -0.123. The van der Waals surface area contributed by atoms with Crippen molar-refractivity contribution in [3.8, 4) is 5.75 Å². The number of ether oxygens (including phenoxy) is 1. The van der Waals surface area contributed by atoms with Crippen LogP contribution in [-0.2, 0) is 4.79 Å². The molecule has 5 nitrogen and oxygen atoms in total. The fourth-order valence-corrected chi connectivity index (χ4v) is 1.94. The molecule has 2 N–H and O–H groups in total. The summed E-state index contributed by atoms with van der Waals surface area (Å²) in [4.78, 5) is 23.5. The fourth-order valence-electron chi connectivity index (χ4n) is 1.57. The molecular weight excluding hydrogens is 327 g/mol. The van der Waals surface area contributed by atoms with E-state index in [0.717, 1.165) is 0 Å². The minimum Gasteiger partial charge on any atom is -0.484 e. The molecular formula is C15H12Cl2N2O3. The van der Waals surface area contributed by atoms with E-state index in [9.17, 15) is 9.59 Å². The molecule has 0 saturated carbocycles. The monoisotopic (exact) mass is 338 g/mol. The summed E-state index contributed by atoms with van der Waals surface area (Å²) < 4.78 is 5.24. The van der Waals surface area contributed by atoms with Gasteiger partial charge in [-0.05, 0) is 30.3 Å². The number of hydrogen-bond acceptors (Lipinski definition) is 3. The van der Waals surface area contributed by atoms with Crippen LogP contribution < -0.4 is 15.6 Å². The van der Waals surface area contributed by atoms with Crippen molar-refractivity contribution in [2.45, 2.75) is 0 Å². The lowest BCUT2D eigenvalue weighted by atomic mass is 10.2. The minimum atomic E-state index is -0.569. The molecule has 0 saturated heterocycles. The first kappa shape index (κ1) is 16.1. The molecule has 2 rings (SSSR count). The first-order valence-corrected chi connectivity index (χ1v) is 7.04. The number of hydrazine groups is 1. The summed E-state index contributed by atoms with van der Waals surface area (Å²) in [7, 11) is 0. The highest BCUT2D eigenvalue weighted by atomic mass is 35.5. The van der Waals surface area contributed by atoms with Crippen molar-refractivity contribution < 1.29 is 14.3 Å². The quantitative estimate of drug-likeness (QED) is 0.842. The maximum absolute atomic E-state index is 11.9. The Labute approximate surface area is 137 Å². The molecule has 7 heteroatoms. The van der Waals surface area contributed by atoms with E-state index >= 15 is 0 Å². The molecule has 0 fully saturated rings. The van der Waals surface area contributed by atoms with Crippen molar-refractivity contribution in [2.24, 2.45) is 0 Å². The van der Waals surface area contributed by atoms with Crippen molar-refractivity contribution in [2.75, 3.05) is 6.61 Å². The van der Waals surface area contributed by atoms with Crippen LogP contribution in [0.4, 0.5) is 0 Å². The van der Waals surface area contributed by atoms with Gasteiger partial charge in [-0.2, -0.15) is 0 Å². The predicted octanol–water partition coefficient (Wildman–Crippen LogP) is 2.83. The molecule has 114 valence electrons. The summed E-state index contributed by atoms with van der Waals surface area (Å²) >= 11 is 11.7. The third-order valence-corrected chi connectivity index (χ3v) is 3.17. The van der Waals surface area contributed by atoms with E-state index in [4.69, 9.17) is 27.9 Å². The van der Waals surface area contributed by atoms with Crippen LogP contribution in [0.15, 0.2) is 48.5 Å². The van der Waals surface area contributed by atoms with E-state index in [1.165, 1.54) is 12.1 Å². The van der Waals surface area contributed by atoms with Crippen LogP contribution in [0, 0.1) is 0 Å². The number of halogens is 2. The summed E-state index contributed by atoms with van der Waals surface area (Å²) in [6, 6.07) is 13.3. The summed E-state index contributed by atoms with van der Waals surface area (Å²) in [6.07, 6.45) is 0. The van der Waals surface area contributed by atoms with Gasteiger partial charge < -0.3 is 4.74 Å². The zero-order valence-corrected chi connectivity index (χ0v) is 12.8. The second-order valence-corrected chi connectivity index (χ2v) is 5.07. The van der Waals surface area contributed by atoms with E-state index in [2.05, 4.69) is 10.9 Å². The first-order chi connectivity index (χ1) is 10.6. The molecule has 2 aromatic rings. The smallest absolute Gasteiger partial charge is 0.276 e. The van der Waals surface area contributed by atoms with Crippen LogP contribution >= 0.6 is 23.2 Å².